The molecule has 1 heteroatoms. The van der Waals surface area contributed by atoms with Crippen LogP contribution in [0.1, 0.15) is 33.6 Å². The van der Waals surface area contributed by atoms with Gasteiger partial charge in [0.1, 0.15) is 0 Å². The van der Waals surface area contributed by atoms with Crippen molar-refractivity contribution >= 4 is 0 Å². The summed E-state index contributed by atoms with van der Waals surface area (Å²) in [4.78, 5) is 0. The topological polar surface area (TPSA) is 26.0 Å². The molecule has 0 aliphatic carbocycles. The van der Waals surface area contributed by atoms with Gasteiger partial charge in [-0.05, 0) is 19.3 Å². The van der Waals surface area contributed by atoms with Crippen LogP contribution in [0.4, 0.5) is 0 Å². The lowest BCUT2D eigenvalue weighted by atomic mass is 9.97. The summed E-state index contributed by atoms with van der Waals surface area (Å²) >= 11 is 0. The molecule has 0 rings (SSSR count). The molecule has 0 aliphatic heterocycles. The summed E-state index contributed by atoms with van der Waals surface area (Å²) in [6, 6.07) is 0.255. The predicted octanol–water partition coefficient (Wildman–Crippen LogP) is 2.33. The molecule has 0 bridgehead atoms. The molecule has 2 unspecified atom stereocenters. The van der Waals surface area contributed by atoms with Gasteiger partial charge in [-0.2, -0.15) is 0 Å². The highest BCUT2D eigenvalue weighted by Gasteiger charge is 2.06. The van der Waals surface area contributed by atoms with E-state index in [0.29, 0.717) is 5.92 Å². The highest BCUT2D eigenvalue weighted by molar-refractivity contribution is 4.91. The first-order chi connectivity index (χ1) is 4.72. The maximum Gasteiger partial charge on any atom is 0.0249 e. The Hall–Kier alpha value is -0.300. The van der Waals surface area contributed by atoms with Crippen LogP contribution >= 0.6 is 0 Å². The van der Waals surface area contributed by atoms with Crippen LogP contribution in [-0.4, -0.2) is 6.04 Å². The Kier molecular flexibility index (Phi) is 5.32. The van der Waals surface area contributed by atoms with Crippen LogP contribution in [0.3, 0.4) is 0 Å². The average molecular weight is 141 g/mol. The molecule has 0 aromatic rings. The molecule has 1 nitrogen and oxygen atoms in total. The number of hydrogen-bond acceptors (Lipinski definition) is 1. The molecule has 0 heterocycles. The fourth-order valence-electron chi connectivity index (χ4n) is 1.06. The lowest BCUT2D eigenvalue weighted by Crippen LogP contribution is -2.25. The van der Waals surface area contributed by atoms with Crippen molar-refractivity contribution in [1.82, 2.24) is 0 Å². The molecule has 60 valence electrons. The Bertz CT molecular complexity index is 96.9. The second kappa shape index (κ2) is 5.48. The first-order valence-corrected chi connectivity index (χ1v) is 4.10. The number of nitrogens with two attached hydrogens (primary N) is 1. The van der Waals surface area contributed by atoms with Gasteiger partial charge < -0.3 is 5.73 Å². The third-order valence-corrected chi connectivity index (χ3v) is 1.82. The van der Waals surface area contributed by atoms with Gasteiger partial charge in [0.25, 0.3) is 0 Å². The van der Waals surface area contributed by atoms with Crippen molar-refractivity contribution in [2.45, 2.75) is 39.7 Å². The van der Waals surface area contributed by atoms with Gasteiger partial charge >= 0.3 is 0 Å². The van der Waals surface area contributed by atoms with Crippen molar-refractivity contribution in [3.05, 3.63) is 12.2 Å². The zero-order valence-corrected chi connectivity index (χ0v) is 7.30. The first-order valence-electron chi connectivity index (χ1n) is 4.10. The summed E-state index contributed by atoms with van der Waals surface area (Å²) in [5.74, 6) is 0.626. The minimum atomic E-state index is 0.255. The summed E-state index contributed by atoms with van der Waals surface area (Å²) in [6.45, 7) is 6.41. The van der Waals surface area contributed by atoms with E-state index < -0.39 is 0 Å². The van der Waals surface area contributed by atoms with Gasteiger partial charge in [0.2, 0.25) is 0 Å². The molecule has 0 saturated carbocycles. The van der Waals surface area contributed by atoms with Crippen molar-refractivity contribution < 1.29 is 0 Å². The molecule has 0 fully saturated rings. The van der Waals surface area contributed by atoms with Gasteiger partial charge in [-0.25, -0.2) is 0 Å². The van der Waals surface area contributed by atoms with E-state index in [1.807, 2.05) is 13.0 Å². The average Bonchev–Trinajstić information content (AvgIpc) is 1.89. The second-order valence-corrected chi connectivity index (χ2v) is 2.87. The molecule has 2 N–H and O–H groups in total. The number of allylic oxidation sites excluding steroid dienone is 1. The number of rotatable bonds is 4. The minimum absolute atomic E-state index is 0.255. The Labute approximate surface area is 64.3 Å². The lowest BCUT2D eigenvalue weighted by Gasteiger charge is -2.14. The maximum absolute atomic E-state index is 5.83. The van der Waals surface area contributed by atoms with Crippen LogP contribution < -0.4 is 5.73 Å². The monoisotopic (exact) mass is 141 g/mol. The predicted molar refractivity (Wildman–Crippen MR) is 46.9 cm³/mol. The van der Waals surface area contributed by atoms with Crippen molar-refractivity contribution in [3.63, 3.8) is 0 Å². The Morgan fingerprint density at radius 3 is 2.50 bits per heavy atom. The van der Waals surface area contributed by atoms with Crippen LogP contribution in [0.15, 0.2) is 12.2 Å². The molecular formula is C9H19N. The zero-order chi connectivity index (χ0) is 7.98. The molecule has 0 aliphatic rings. The highest BCUT2D eigenvalue weighted by atomic mass is 14.6. The Morgan fingerprint density at radius 2 is 2.10 bits per heavy atom. The molecule has 10 heavy (non-hydrogen) atoms. The number of hydrogen-bond donors (Lipinski definition) is 1. The van der Waals surface area contributed by atoms with Gasteiger partial charge in [-0.1, -0.05) is 32.4 Å². The van der Waals surface area contributed by atoms with Crippen molar-refractivity contribution in [2.75, 3.05) is 0 Å². The summed E-state index contributed by atoms with van der Waals surface area (Å²) in [7, 11) is 0. The largest absolute Gasteiger partial charge is 0.324 e. The van der Waals surface area contributed by atoms with Crippen LogP contribution in [0, 0.1) is 5.92 Å². The van der Waals surface area contributed by atoms with Crippen LogP contribution in [-0.2, 0) is 0 Å². The molecule has 0 amide bonds. The van der Waals surface area contributed by atoms with Crippen LogP contribution in [0.25, 0.3) is 0 Å². The Balaban J connectivity index is 3.58. The molecular weight excluding hydrogens is 122 g/mol. The summed E-state index contributed by atoms with van der Waals surface area (Å²) < 4.78 is 0. The normalized spacial score (nSPS) is 17.6. The fraction of sp³-hybridized carbons (Fsp3) is 0.778. The van der Waals surface area contributed by atoms with E-state index in [0.717, 1.165) is 0 Å². The summed E-state index contributed by atoms with van der Waals surface area (Å²) in [6.07, 6.45) is 6.55. The van der Waals surface area contributed by atoms with E-state index in [4.69, 9.17) is 5.73 Å². The fourth-order valence-corrected chi connectivity index (χ4v) is 1.06. The zero-order valence-electron chi connectivity index (χ0n) is 7.30. The summed E-state index contributed by atoms with van der Waals surface area (Å²) in [5, 5.41) is 0. The molecule has 0 radical (unpaired) electrons. The van der Waals surface area contributed by atoms with Gasteiger partial charge in [0.15, 0.2) is 0 Å². The van der Waals surface area contributed by atoms with E-state index in [-0.39, 0.29) is 6.04 Å². The third-order valence-electron chi connectivity index (χ3n) is 1.82. The lowest BCUT2D eigenvalue weighted by molar-refractivity contribution is 0.474. The maximum atomic E-state index is 5.83. The molecule has 0 aromatic carbocycles. The van der Waals surface area contributed by atoms with Gasteiger partial charge in [-0.3, -0.25) is 0 Å². The van der Waals surface area contributed by atoms with Crippen molar-refractivity contribution in [3.8, 4) is 0 Å². The smallest absolute Gasteiger partial charge is 0.0249 e. The summed E-state index contributed by atoms with van der Waals surface area (Å²) in [5.41, 5.74) is 5.83. The van der Waals surface area contributed by atoms with E-state index >= 15 is 0 Å². The molecule has 0 saturated heterocycles. The minimum Gasteiger partial charge on any atom is -0.324 e. The van der Waals surface area contributed by atoms with Gasteiger partial charge in [-0.15, -0.1) is 0 Å². The quantitative estimate of drug-likeness (QED) is 0.597. The second-order valence-electron chi connectivity index (χ2n) is 2.87. The first kappa shape index (κ1) is 9.70. The van der Waals surface area contributed by atoms with E-state index in [2.05, 4.69) is 19.9 Å². The SMILES string of the molecule is C/C=C/C(N)C(C)CCC. The third kappa shape index (κ3) is 3.67. The standard InChI is InChI=1S/C9H19N/c1-4-6-8(3)9(10)7-5-2/h5,7-9H,4,6,10H2,1-3H3/b7-5+. The molecule has 2 atom stereocenters. The van der Waals surface area contributed by atoms with Crippen molar-refractivity contribution in [1.29, 1.82) is 0 Å². The van der Waals surface area contributed by atoms with E-state index in [1.54, 1.807) is 0 Å². The van der Waals surface area contributed by atoms with Crippen LogP contribution in [0.5, 0.6) is 0 Å². The van der Waals surface area contributed by atoms with Gasteiger partial charge in [0, 0.05) is 6.04 Å². The Morgan fingerprint density at radius 1 is 1.50 bits per heavy atom. The van der Waals surface area contributed by atoms with E-state index in [9.17, 15) is 0 Å². The molecule has 0 aromatic heterocycles. The van der Waals surface area contributed by atoms with Crippen molar-refractivity contribution in [2.24, 2.45) is 11.7 Å². The highest BCUT2D eigenvalue weighted by Crippen LogP contribution is 2.09. The van der Waals surface area contributed by atoms with E-state index in [1.165, 1.54) is 12.8 Å². The molecule has 0 spiro atoms. The van der Waals surface area contributed by atoms with Gasteiger partial charge in [0.05, 0.1) is 0 Å². The van der Waals surface area contributed by atoms with Crippen LogP contribution in [0.2, 0.25) is 0 Å².